The van der Waals surface area contributed by atoms with Crippen molar-refractivity contribution in [3.63, 3.8) is 0 Å². The molecule has 2 N–H and O–H groups in total. The first-order valence-electron chi connectivity index (χ1n) is 9.81. The molecule has 1 unspecified atom stereocenters. The van der Waals surface area contributed by atoms with E-state index in [1.807, 2.05) is 31.2 Å². The summed E-state index contributed by atoms with van der Waals surface area (Å²) in [6.45, 7) is 4.34. The Morgan fingerprint density at radius 3 is 2.67 bits per heavy atom. The molecule has 146 valence electrons. The highest BCUT2D eigenvalue weighted by molar-refractivity contribution is 5.95. The van der Waals surface area contributed by atoms with Crippen LogP contribution >= 0.6 is 0 Å². The zero-order chi connectivity index (χ0) is 19.2. The molecule has 0 radical (unpaired) electrons. The van der Waals surface area contributed by atoms with E-state index in [2.05, 4.69) is 10.6 Å². The third kappa shape index (κ3) is 4.62. The quantitative estimate of drug-likeness (QED) is 0.741. The molecule has 1 heterocycles. The van der Waals surface area contributed by atoms with Crippen LogP contribution < -0.4 is 15.4 Å². The Kier molecular flexibility index (Phi) is 6.37. The number of carbonyl (C=O) groups is 2. The minimum Gasteiger partial charge on any atom is -0.493 e. The van der Waals surface area contributed by atoms with Crippen molar-refractivity contribution < 1.29 is 19.1 Å². The first-order valence-corrected chi connectivity index (χ1v) is 9.81. The smallest absolute Gasteiger partial charge is 0.338 e. The van der Waals surface area contributed by atoms with Gasteiger partial charge in [0.15, 0.2) is 0 Å². The molecule has 0 spiro atoms. The molecule has 1 saturated carbocycles. The summed E-state index contributed by atoms with van der Waals surface area (Å²) in [6.07, 6.45) is 5.99. The summed E-state index contributed by atoms with van der Waals surface area (Å²) in [5.41, 5.74) is 1.72. The van der Waals surface area contributed by atoms with Crippen molar-refractivity contribution in [2.45, 2.75) is 64.5 Å². The number of hydrogen-bond donors (Lipinski definition) is 2. The molecule has 1 aliphatic carbocycles. The van der Waals surface area contributed by atoms with Gasteiger partial charge in [-0.1, -0.05) is 31.5 Å². The Morgan fingerprint density at radius 1 is 1.19 bits per heavy atom. The molecule has 2 aliphatic rings. The van der Waals surface area contributed by atoms with Gasteiger partial charge in [0.2, 0.25) is 0 Å². The van der Waals surface area contributed by atoms with Gasteiger partial charge >= 0.3 is 12.0 Å². The van der Waals surface area contributed by atoms with Gasteiger partial charge in [0.1, 0.15) is 11.9 Å². The number of benzene rings is 1. The van der Waals surface area contributed by atoms with Crippen LogP contribution in [0.5, 0.6) is 5.75 Å². The van der Waals surface area contributed by atoms with Crippen molar-refractivity contribution in [3.05, 3.63) is 41.1 Å². The number of rotatable bonds is 6. The summed E-state index contributed by atoms with van der Waals surface area (Å²) < 4.78 is 11.6. The number of hydrogen-bond acceptors (Lipinski definition) is 4. The molecular weight excluding hydrogens is 344 g/mol. The number of carbonyl (C=O) groups excluding carboxylic acids is 2. The average Bonchev–Trinajstić information content (AvgIpc) is 2.66. The Bertz CT molecular complexity index is 723. The Labute approximate surface area is 160 Å². The fourth-order valence-corrected chi connectivity index (χ4v) is 3.66. The number of para-hydroxylation sites is 1. The van der Waals surface area contributed by atoms with Gasteiger partial charge in [-0.15, -0.1) is 0 Å². The van der Waals surface area contributed by atoms with Crippen LogP contribution in [0.25, 0.3) is 0 Å². The lowest BCUT2D eigenvalue weighted by Gasteiger charge is -2.30. The summed E-state index contributed by atoms with van der Waals surface area (Å²) in [6, 6.07) is 6.57. The summed E-state index contributed by atoms with van der Waals surface area (Å²) in [5.74, 6) is 0.296. The highest BCUT2D eigenvalue weighted by atomic mass is 16.5. The van der Waals surface area contributed by atoms with Crippen LogP contribution in [0.1, 0.15) is 64.0 Å². The molecule has 1 fully saturated rings. The maximum Gasteiger partial charge on any atom is 0.338 e. The number of amides is 2. The molecule has 1 atom stereocenters. The van der Waals surface area contributed by atoms with Crippen LogP contribution in [0.15, 0.2) is 35.5 Å². The predicted octanol–water partition coefficient (Wildman–Crippen LogP) is 3.98. The van der Waals surface area contributed by atoms with Gasteiger partial charge < -0.3 is 20.1 Å². The number of ether oxygens (including phenoxy) is 2. The van der Waals surface area contributed by atoms with E-state index in [9.17, 15) is 9.59 Å². The van der Waals surface area contributed by atoms with Gasteiger partial charge in [-0.25, -0.2) is 9.59 Å². The van der Waals surface area contributed by atoms with Gasteiger partial charge in [0, 0.05) is 11.3 Å². The van der Waals surface area contributed by atoms with E-state index in [4.69, 9.17) is 9.47 Å². The number of esters is 1. The molecule has 6 heteroatoms. The second kappa shape index (κ2) is 8.93. The minimum absolute atomic E-state index is 0.0450. The lowest BCUT2D eigenvalue weighted by atomic mass is 9.94. The molecule has 1 aromatic rings. The SMILES string of the molecule is CCCOc1ccccc1C1NC(=O)NC(C)=C1C(=O)OC1CCCCC1. The molecule has 2 amide bonds. The highest BCUT2D eigenvalue weighted by Gasteiger charge is 2.35. The number of allylic oxidation sites excluding steroid dienone is 1. The third-order valence-corrected chi connectivity index (χ3v) is 5.01. The normalized spacial score (nSPS) is 20.7. The highest BCUT2D eigenvalue weighted by Crippen LogP contribution is 2.34. The zero-order valence-electron chi connectivity index (χ0n) is 16.0. The van der Waals surface area contributed by atoms with Crippen LogP contribution in [-0.2, 0) is 9.53 Å². The largest absolute Gasteiger partial charge is 0.493 e. The molecule has 0 bridgehead atoms. The molecule has 27 heavy (non-hydrogen) atoms. The van der Waals surface area contributed by atoms with Gasteiger partial charge in [-0.3, -0.25) is 0 Å². The van der Waals surface area contributed by atoms with E-state index in [1.54, 1.807) is 6.92 Å². The Hall–Kier alpha value is -2.50. The Morgan fingerprint density at radius 2 is 1.93 bits per heavy atom. The van der Waals surface area contributed by atoms with Crippen LogP contribution in [0, 0.1) is 0 Å². The van der Waals surface area contributed by atoms with Crippen molar-refractivity contribution in [2.75, 3.05) is 6.61 Å². The lowest BCUT2D eigenvalue weighted by Crippen LogP contribution is -2.45. The topological polar surface area (TPSA) is 76.7 Å². The monoisotopic (exact) mass is 372 g/mol. The third-order valence-electron chi connectivity index (χ3n) is 5.01. The molecule has 3 rings (SSSR count). The first kappa shape index (κ1) is 19.3. The van der Waals surface area contributed by atoms with Crippen molar-refractivity contribution in [1.82, 2.24) is 10.6 Å². The maximum atomic E-state index is 13.0. The van der Waals surface area contributed by atoms with Gasteiger partial charge in [0.05, 0.1) is 18.2 Å². The van der Waals surface area contributed by atoms with Crippen molar-refractivity contribution in [3.8, 4) is 5.75 Å². The maximum absolute atomic E-state index is 13.0. The molecule has 0 saturated heterocycles. The van der Waals surface area contributed by atoms with Crippen LogP contribution in [0.3, 0.4) is 0 Å². The molecule has 1 aliphatic heterocycles. The van der Waals surface area contributed by atoms with Crippen molar-refractivity contribution >= 4 is 12.0 Å². The van der Waals surface area contributed by atoms with E-state index in [0.29, 0.717) is 23.6 Å². The summed E-state index contributed by atoms with van der Waals surface area (Å²) >= 11 is 0. The summed E-state index contributed by atoms with van der Waals surface area (Å²) in [5, 5.41) is 5.56. The fourth-order valence-electron chi connectivity index (χ4n) is 3.66. The molecule has 0 aromatic heterocycles. The van der Waals surface area contributed by atoms with Crippen LogP contribution in [0.4, 0.5) is 4.79 Å². The average molecular weight is 372 g/mol. The summed E-state index contributed by atoms with van der Waals surface area (Å²) in [4.78, 5) is 25.1. The van der Waals surface area contributed by atoms with E-state index in [1.165, 1.54) is 6.42 Å². The minimum atomic E-state index is -0.595. The Balaban J connectivity index is 1.89. The van der Waals surface area contributed by atoms with E-state index in [0.717, 1.165) is 37.7 Å². The lowest BCUT2D eigenvalue weighted by molar-refractivity contribution is -0.146. The van der Waals surface area contributed by atoms with Gasteiger partial charge in [-0.05, 0) is 45.1 Å². The predicted molar refractivity (Wildman–Crippen MR) is 102 cm³/mol. The van der Waals surface area contributed by atoms with E-state index in [-0.39, 0.29) is 18.1 Å². The van der Waals surface area contributed by atoms with Crippen molar-refractivity contribution in [1.29, 1.82) is 0 Å². The zero-order valence-corrected chi connectivity index (χ0v) is 16.0. The second-order valence-electron chi connectivity index (χ2n) is 7.12. The molecular formula is C21H28N2O4. The number of nitrogens with one attached hydrogen (secondary N) is 2. The summed E-state index contributed by atoms with van der Waals surface area (Å²) in [7, 11) is 0. The van der Waals surface area contributed by atoms with E-state index >= 15 is 0 Å². The standard InChI is InChI=1S/C21H28N2O4/c1-3-13-26-17-12-8-7-11-16(17)19-18(14(2)22-21(25)23-19)20(24)27-15-9-5-4-6-10-15/h7-8,11-12,15,19H,3-6,9-10,13H2,1-2H3,(H2,22,23,25). The first-order chi connectivity index (χ1) is 13.1. The van der Waals surface area contributed by atoms with Gasteiger partial charge in [-0.2, -0.15) is 0 Å². The van der Waals surface area contributed by atoms with Crippen LogP contribution in [-0.4, -0.2) is 24.7 Å². The van der Waals surface area contributed by atoms with Crippen LogP contribution in [0.2, 0.25) is 0 Å². The molecule has 6 nitrogen and oxygen atoms in total. The van der Waals surface area contributed by atoms with Crippen molar-refractivity contribution in [2.24, 2.45) is 0 Å². The molecule has 1 aromatic carbocycles. The second-order valence-corrected chi connectivity index (χ2v) is 7.12. The fraction of sp³-hybridized carbons (Fsp3) is 0.524. The van der Waals surface area contributed by atoms with E-state index < -0.39 is 6.04 Å². The number of urea groups is 1. The van der Waals surface area contributed by atoms with Gasteiger partial charge in [0.25, 0.3) is 0 Å².